The maximum atomic E-state index is 12.2. The van der Waals surface area contributed by atoms with E-state index in [4.69, 9.17) is 9.97 Å². The van der Waals surface area contributed by atoms with Crippen molar-refractivity contribution in [3.63, 3.8) is 0 Å². The number of rotatable bonds is 9. The highest BCUT2D eigenvalue weighted by molar-refractivity contribution is 5.76. The third kappa shape index (κ3) is 7.65. The van der Waals surface area contributed by atoms with E-state index in [1.807, 2.05) is 0 Å². The number of nitrogens with zero attached hydrogens (tertiary/aromatic N) is 4. The molecule has 8 heteroatoms. The molecule has 0 unspecified atom stereocenters. The topological polar surface area (TPSA) is 93.6 Å². The molecule has 3 heterocycles. The van der Waals surface area contributed by atoms with Gasteiger partial charge in [-0.25, -0.2) is 4.98 Å². The number of benzene rings is 1. The average molecular weight is 549 g/mol. The van der Waals surface area contributed by atoms with Gasteiger partial charge in [-0.05, 0) is 75.5 Å². The van der Waals surface area contributed by atoms with Crippen molar-refractivity contribution in [3.05, 3.63) is 41.1 Å². The van der Waals surface area contributed by atoms with Crippen molar-refractivity contribution >= 4 is 23.4 Å². The van der Waals surface area contributed by atoms with Crippen molar-refractivity contribution < 1.29 is 9.90 Å². The van der Waals surface area contributed by atoms with Crippen LogP contribution in [0.5, 0.6) is 0 Å². The summed E-state index contributed by atoms with van der Waals surface area (Å²) in [5, 5.41) is 16.8. The fourth-order valence-corrected chi connectivity index (χ4v) is 6.22. The number of anilines is 3. The molecule has 1 aliphatic carbocycles. The minimum Gasteiger partial charge on any atom is -0.393 e. The molecule has 218 valence electrons. The Balaban J connectivity index is 1.25. The van der Waals surface area contributed by atoms with Gasteiger partial charge >= 0.3 is 0 Å². The molecule has 1 aromatic heterocycles. The third-order valence-electron chi connectivity index (χ3n) is 8.80. The second-order valence-electron chi connectivity index (χ2n) is 11.9. The number of fused-ring (bicyclic) bond motifs is 1. The number of unbranched alkanes of at least 4 members (excludes halogenated alkanes) is 1. The first-order chi connectivity index (χ1) is 19.6. The highest BCUT2D eigenvalue weighted by atomic mass is 16.3. The molecule has 2 fully saturated rings. The molecule has 40 heavy (non-hydrogen) atoms. The Bertz CT molecular complexity index is 1090. The number of carbonyl (C=O) groups excluding carboxylic acids is 1. The van der Waals surface area contributed by atoms with Crippen LogP contribution in [0.4, 0.5) is 17.5 Å². The molecule has 0 radical (unpaired) electrons. The summed E-state index contributed by atoms with van der Waals surface area (Å²) in [4.78, 5) is 27.1. The predicted octanol–water partition coefficient (Wildman–Crippen LogP) is 4.98. The van der Waals surface area contributed by atoms with Crippen LogP contribution < -0.4 is 20.4 Å². The lowest BCUT2D eigenvalue weighted by Gasteiger charge is -2.33. The standard InChI is InChI=1S/C32H48N6O2/c1-2-3-10-30(40)34-25-15-19-38(20-16-25)32-35-29-9-7-5-4-6-8-28(29)31(36-32)33-23-24-11-13-26(14-12-24)37-21-17-27(39)18-22-37/h11-14,25,27,39H,2-10,15-23H2,1H3,(H,34,40)(H,33,35,36). The van der Waals surface area contributed by atoms with E-state index in [1.165, 1.54) is 48.2 Å². The summed E-state index contributed by atoms with van der Waals surface area (Å²) in [6, 6.07) is 9.07. The number of aryl methyl sites for hydroxylation is 1. The summed E-state index contributed by atoms with van der Waals surface area (Å²) in [6.45, 7) is 6.41. The normalized spacial score (nSPS) is 19.1. The summed E-state index contributed by atoms with van der Waals surface area (Å²) in [6.07, 6.45) is 13.0. The number of aliphatic hydroxyl groups is 1. The highest BCUT2D eigenvalue weighted by Crippen LogP contribution is 2.29. The molecule has 2 saturated heterocycles. The van der Waals surface area contributed by atoms with E-state index in [1.54, 1.807) is 0 Å². The number of hydrogen-bond acceptors (Lipinski definition) is 7. The van der Waals surface area contributed by atoms with Gasteiger partial charge in [0, 0.05) is 56.4 Å². The van der Waals surface area contributed by atoms with Gasteiger partial charge in [0.25, 0.3) is 0 Å². The molecule has 5 rings (SSSR count). The van der Waals surface area contributed by atoms with Gasteiger partial charge in [-0.3, -0.25) is 4.79 Å². The molecule has 0 spiro atoms. The van der Waals surface area contributed by atoms with Gasteiger partial charge in [0.15, 0.2) is 0 Å². The fraction of sp³-hybridized carbons (Fsp3) is 0.656. The van der Waals surface area contributed by atoms with Crippen molar-refractivity contribution in [2.45, 2.75) is 109 Å². The Morgan fingerprint density at radius 1 is 0.925 bits per heavy atom. The number of aliphatic hydroxyl groups excluding tert-OH is 1. The maximum absolute atomic E-state index is 12.2. The van der Waals surface area contributed by atoms with Crippen LogP contribution in [0.25, 0.3) is 0 Å². The van der Waals surface area contributed by atoms with Gasteiger partial charge in [0.05, 0.1) is 11.8 Å². The van der Waals surface area contributed by atoms with Crippen LogP contribution in [0.1, 0.15) is 94.4 Å². The number of piperidine rings is 2. The Kier molecular flexibility index (Phi) is 10.1. The minimum absolute atomic E-state index is 0.153. The van der Waals surface area contributed by atoms with Gasteiger partial charge in [0.2, 0.25) is 11.9 Å². The minimum atomic E-state index is -0.153. The van der Waals surface area contributed by atoms with Crippen molar-refractivity contribution in [2.75, 3.05) is 41.3 Å². The number of carbonyl (C=O) groups is 1. The van der Waals surface area contributed by atoms with E-state index >= 15 is 0 Å². The molecule has 2 aliphatic heterocycles. The first-order valence-corrected chi connectivity index (χ1v) is 15.8. The van der Waals surface area contributed by atoms with Crippen molar-refractivity contribution in [2.24, 2.45) is 0 Å². The fourth-order valence-electron chi connectivity index (χ4n) is 6.22. The van der Waals surface area contributed by atoms with E-state index in [-0.39, 0.29) is 18.1 Å². The molecule has 0 saturated carbocycles. The monoisotopic (exact) mass is 548 g/mol. The predicted molar refractivity (Wildman–Crippen MR) is 162 cm³/mol. The van der Waals surface area contributed by atoms with E-state index in [0.717, 1.165) is 95.9 Å². The largest absolute Gasteiger partial charge is 0.393 e. The molecule has 8 nitrogen and oxygen atoms in total. The lowest BCUT2D eigenvalue weighted by Crippen LogP contribution is -2.45. The second kappa shape index (κ2) is 14.2. The molecule has 3 aliphatic rings. The van der Waals surface area contributed by atoms with Gasteiger partial charge in [0.1, 0.15) is 5.82 Å². The zero-order chi connectivity index (χ0) is 27.7. The molecule has 1 amide bonds. The van der Waals surface area contributed by atoms with E-state index < -0.39 is 0 Å². The van der Waals surface area contributed by atoms with Crippen molar-refractivity contribution in [1.82, 2.24) is 15.3 Å². The van der Waals surface area contributed by atoms with Gasteiger partial charge in [-0.2, -0.15) is 4.98 Å². The maximum Gasteiger partial charge on any atom is 0.227 e. The van der Waals surface area contributed by atoms with E-state index in [2.05, 4.69) is 51.6 Å². The molecular formula is C32H48N6O2. The Morgan fingerprint density at radius 2 is 1.62 bits per heavy atom. The van der Waals surface area contributed by atoms with Crippen LogP contribution in [0.15, 0.2) is 24.3 Å². The van der Waals surface area contributed by atoms with Crippen LogP contribution in [0.2, 0.25) is 0 Å². The number of hydrogen-bond donors (Lipinski definition) is 3. The van der Waals surface area contributed by atoms with Crippen LogP contribution in [-0.2, 0) is 24.2 Å². The van der Waals surface area contributed by atoms with Crippen LogP contribution in [0, 0.1) is 0 Å². The quantitative estimate of drug-likeness (QED) is 0.407. The third-order valence-corrected chi connectivity index (χ3v) is 8.80. The Labute approximate surface area is 240 Å². The number of aromatic nitrogens is 2. The zero-order valence-corrected chi connectivity index (χ0v) is 24.3. The zero-order valence-electron chi connectivity index (χ0n) is 24.3. The Hall–Kier alpha value is -2.87. The first-order valence-electron chi connectivity index (χ1n) is 15.8. The summed E-state index contributed by atoms with van der Waals surface area (Å²) in [5.41, 5.74) is 4.98. The van der Waals surface area contributed by atoms with Gasteiger partial charge < -0.3 is 25.5 Å². The van der Waals surface area contributed by atoms with Crippen molar-refractivity contribution in [1.29, 1.82) is 0 Å². The van der Waals surface area contributed by atoms with Gasteiger partial charge in [-0.1, -0.05) is 38.3 Å². The molecule has 0 bridgehead atoms. The summed E-state index contributed by atoms with van der Waals surface area (Å²) >= 11 is 0. The molecule has 0 atom stereocenters. The van der Waals surface area contributed by atoms with Crippen LogP contribution in [0.3, 0.4) is 0 Å². The average Bonchev–Trinajstić information content (AvgIpc) is 2.96. The smallest absolute Gasteiger partial charge is 0.227 e. The first kappa shape index (κ1) is 28.7. The number of nitrogens with one attached hydrogen (secondary N) is 2. The van der Waals surface area contributed by atoms with Gasteiger partial charge in [-0.15, -0.1) is 0 Å². The van der Waals surface area contributed by atoms with Crippen molar-refractivity contribution in [3.8, 4) is 0 Å². The molecule has 1 aromatic carbocycles. The van der Waals surface area contributed by atoms with E-state index in [9.17, 15) is 9.90 Å². The Morgan fingerprint density at radius 3 is 2.35 bits per heavy atom. The number of amides is 1. The van der Waals surface area contributed by atoms with Crippen LogP contribution in [-0.4, -0.2) is 59.3 Å². The lowest BCUT2D eigenvalue weighted by molar-refractivity contribution is -0.122. The SMILES string of the molecule is CCCCC(=O)NC1CCN(c2nc3c(c(NCc4ccc(N5CCC(O)CC5)cc4)n2)CCCCCC3)CC1. The molecule has 3 N–H and O–H groups in total. The second-order valence-corrected chi connectivity index (χ2v) is 11.9. The molecule has 2 aromatic rings. The highest BCUT2D eigenvalue weighted by Gasteiger charge is 2.25. The summed E-state index contributed by atoms with van der Waals surface area (Å²) in [7, 11) is 0. The van der Waals surface area contributed by atoms with Crippen LogP contribution >= 0.6 is 0 Å². The summed E-state index contributed by atoms with van der Waals surface area (Å²) in [5.74, 6) is 2.01. The molecular weight excluding hydrogens is 500 g/mol. The van der Waals surface area contributed by atoms with E-state index in [0.29, 0.717) is 6.42 Å². The lowest BCUT2D eigenvalue weighted by atomic mass is 9.97. The summed E-state index contributed by atoms with van der Waals surface area (Å²) < 4.78 is 0.